The predicted molar refractivity (Wildman–Crippen MR) is 99.2 cm³/mol. The minimum absolute atomic E-state index is 0.0175. The van der Waals surface area contributed by atoms with Crippen LogP contribution in [0.2, 0.25) is 0 Å². The third-order valence-corrected chi connectivity index (χ3v) is 5.61. The first-order chi connectivity index (χ1) is 12.0. The van der Waals surface area contributed by atoms with Crippen LogP contribution in [0.3, 0.4) is 0 Å². The SMILES string of the molecule is CC1Cc2ccccc2N1C(=O)C1CCCCC1C(=O)N[C@@H](C)CN. The van der Waals surface area contributed by atoms with Gasteiger partial charge in [0.1, 0.15) is 0 Å². The number of hydrogen-bond donors (Lipinski definition) is 2. The monoisotopic (exact) mass is 343 g/mol. The molecule has 136 valence electrons. The number of anilines is 1. The molecular formula is C20H29N3O2. The van der Waals surface area contributed by atoms with Crippen molar-refractivity contribution in [1.82, 2.24) is 5.32 Å². The van der Waals surface area contributed by atoms with Crippen LogP contribution in [-0.4, -0.2) is 30.4 Å². The number of nitrogens with one attached hydrogen (secondary N) is 1. The van der Waals surface area contributed by atoms with Gasteiger partial charge in [0.25, 0.3) is 0 Å². The van der Waals surface area contributed by atoms with Crippen LogP contribution < -0.4 is 16.0 Å². The quantitative estimate of drug-likeness (QED) is 0.880. The Morgan fingerprint density at radius 3 is 2.64 bits per heavy atom. The zero-order valence-corrected chi connectivity index (χ0v) is 15.2. The van der Waals surface area contributed by atoms with Crippen molar-refractivity contribution in [3.05, 3.63) is 29.8 Å². The lowest BCUT2D eigenvalue weighted by Gasteiger charge is -2.34. The molecule has 1 saturated carbocycles. The van der Waals surface area contributed by atoms with Gasteiger partial charge >= 0.3 is 0 Å². The van der Waals surface area contributed by atoms with Crippen molar-refractivity contribution in [2.24, 2.45) is 17.6 Å². The minimum atomic E-state index is -0.241. The van der Waals surface area contributed by atoms with E-state index < -0.39 is 0 Å². The van der Waals surface area contributed by atoms with Crippen LogP contribution in [0, 0.1) is 11.8 Å². The topological polar surface area (TPSA) is 75.4 Å². The number of para-hydroxylation sites is 1. The van der Waals surface area contributed by atoms with E-state index in [1.165, 1.54) is 5.56 Å². The molecular weight excluding hydrogens is 314 g/mol. The van der Waals surface area contributed by atoms with Gasteiger partial charge in [0.05, 0.1) is 5.92 Å². The molecule has 3 rings (SSSR count). The largest absolute Gasteiger partial charge is 0.352 e. The molecule has 1 aliphatic heterocycles. The number of rotatable bonds is 4. The zero-order valence-electron chi connectivity index (χ0n) is 15.2. The van der Waals surface area contributed by atoms with Crippen LogP contribution in [0.15, 0.2) is 24.3 Å². The smallest absolute Gasteiger partial charge is 0.231 e. The van der Waals surface area contributed by atoms with Crippen LogP contribution in [0.1, 0.15) is 45.1 Å². The molecule has 0 aromatic heterocycles. The van der Waals surface area contributed by atoms with Crippen molar-refractivity contribution < 1.29 is 9.59 Å². The molecule has 0 bridgehead atoms. The molecule has 3 N–H and O–H groups in total. The maximum Gasteiger partial charge on any atom is 0.231 e. The van der Waals surface area contributed by atoms with Gasteiger partial charge in [-0.2, -0.15) is 0 Å². The molecule has 0 radical (unpaired) electrons. The first-order valence-corrected chi connectivity index (χ1v) is 9.44. The highest BCUT2D eigenvalue weighted by Gasteiger charge is 2.41. The van der Waals surface area contributed by atoms with Gasteiger partial charge in [0.2, 0.25) is 11.8 Å². The summed E-state index contributed by atoms with van der Waals surface area (Å²) in [6.45, 7) is 4.40. The zero-order chi connectivity index (χ0) is 18.0. The van der Waals surface area contributed by atoms with Crippen LogP contribution in [0.5, 0.6) is 0 Å². The second-order valence-electron chi connectivity index (χ2n) is 7.53. The summed E-state index contributed by atoms with van der Waals surface area (Å²) in [6, 6.07) is 8.20. The molecule has 1 aliphatic carbocycles. The average molecular weight is 343 g/mol. The van der Waals surface area contributed by atoms with Gasteiger partial charge in [0.15, 0.2) is 0 Å². The Kier molecular flexibility index (Phi) is 5.42. The highest BCUT2D eigenvalue weighted by molar-refractivity contribution is 6.00. The van der Waals surface area contributed by atoms with Crippen molar-refractivity contribution in [1.29, 1.82) is 0 Å². The van der Waals surface area contributed by atoms with E-state index in [9.17, 15) is 9.59 Å². The summed E-state index contributed by atoms with van der Waals surface area (Å²) in [5.74, 6) is -0.378. The molecule has 1 heterocycles. The summed E-state index contributed by atoms with van der Waals surface area (Å²) in [6.07, 6.45) is 4.47. The number of hydrogen-bond acceptors (Lipinski definition) is 3. The van der Waals surface area contributed by atoms with Crippen molar-refractivity contribution in [3.63, 3.8) is 0 Å². The van der Waals surface area contributed by atoms with E-state index >= 15 is 0 Å². The standard InChI is InChI=1S/C20H29N3O2/c1-13(12-21)22-19(24)16-8-4-5-9-17(16)20(25)23-14(2)11-15-7-3-6-10-18(15)23/h3,6-7,10,13-14,16-17H,4-5,8-9,11-12,21H2,1-2H3,(H,22,24)/t13-,14?,16?,17?/m0/s1. The third kappa shape index (κ3) is 3.56. The fourth-order valence-electron chi connectivity index (χ4n) is 4.23. The fourth-order valence-corrected chi connectivity index (χ4v) is 4.23. The number of benzene rings is 1. The van der Waals surface area contributed by atoms with Crippen molar-refractivity contribution in [2.75, 3.05) is 11.4 Å². The molecule has 0 spiro atoms. The molecule has 1 fully saturated rings. The Morgan fingerprint density at radius 2 is 1.92 bits per heavy atom. The van der Waals surface area contributed by atoms with E-state index in [4.69, 9.17) is 5.73 Å². The molecule has 0 saturated heterocycles. The maximum absolute atomic E-state index is 13.4. The first kappa shape index (κ1) is 17.9. The van der Waals surface area contributed by atoms with Crippen LogP contribution in [-0.2, 0) is 16.0 Å². The van der Waals surface area contributed by atoms with Crippen LogP contribution in [0.4, 0.5) is 5.69 Å². The van der Waals surface area contributed by atoms with E-state index in [1.807, 2.05) is 30.0 Å². The van der Waals surface area contributed by atoms with Gasteiger partial charge in [0, 0.05) is 30.2 Å². The van der Waals surface area contributed by atoms with Crippen molar-refractivity contribution in [2.45, 2.75) is 58.0 Å². The highest BCUT2D eigenvalue weighted by Crippen LogP contribution is 2.38. The summed E-state index contributed by atoms with van der Waals surface area (Å²) in [5, 5.41) is 2.97. The molecule has 2 aliphatic rings. The molecule has 5 heteroatoms. The lowest BCUT2D eigenvalue weighted by atomic mass is 9.77. The summed E-state index contributed by atoms with van der Waals surface area (Å²) >= 11 is 0. The van der Waals surface area contributed by atoms with E-state index in [2.05, 4.69) is 18.3 Å². The lowest BCUT2D eigenvalue weighted by molar-refractivity contribution is -0.135. The highest BCUT2D eigenvalue weighted by atomic mass is 16.2. The van der Waals surface area contributed by atoms with Crippen LogP contribution >= 0.6 is 0 Å². The van der Waals surface area contributed by atoms with E-state index in [0.717, 1.165) is 37.8 Å². The normalized spacial score (nSPS) is 26.8. The van der Waals surface area contributed by atoms with Gasteiger partial charge in [-0.3, -0.25) is 9.59 Å². The molecule has 25 heavy (non-hydrogen) atoms. The van der Waals surface area contributed by atoms with Crippen molar-refractivity contribution >= 4 is 17.5 Å². The summed E-state index contributed by atoms with van der Waals surface area (Å²) < 4.78 is 0. The van der Waals surface area contributed by atoms with Gasteiger partial charge < -0.3 is 16.0 Å². The molecule has 1 aromatic carbocycles. The second kappa shape index (κ2) is 7.56. The number of nitrogens with two attached hydrogens (primary N) is 1. The Balaban J connectivity index is 1.80. The van der Waals surface area contributed by atoms with Crippen molar-refractivity contribution in [3.8, 4) is 0 Å². The van der Waals surface area contributed by atoms with E-state index in [1.54, 1.807) is 0 Å². The molecule has 3 unspecified atom stereocenters. The first-order valence-electron chi connectivity index (χ1n) is 9.44. The Labute approximate surface area is 150 Å². The third-order valence-electron chi connectivity index (χ3n) is 5.61. The van der Waals surface area contributed by atoms with E-state index in [0.29, 0.717) is 6.54 Å². The number of nitrogens with zero attached hydrogens (tertiary/aromatic N) is 1. The predicted octanol–water partition coefficient (Wildman–Crippen LogP) is 2.23. The number of fused-ring (bicyclic) bond motifs is 1. The Morgan fingerprint density at radius 1 is 1.24 bits per heavy atom. The average Bonchev–Trinajstić information content (AvgIpc) is 2.96. The van der Waals surface area contributed by atoms with Gasteiger partial charge in [-0.1, -0.05) is 31.0 Å². The number of amides is 2. The van der Waals surface area contributed by atoms with Gasteiger partial charge in [-0.25, -0.2) is 0 Å². The lowest BCUT2D eigenvalue weighted by Crippen LogP contribution is -2.49. The molecule has 1 aromatic rings. The number of carbonyl (C=O) groups excluding carboxylic acids is 2. The van der Waals surface area contributed by atoms with Crippen LogP contribution in [0.25, 0.3) is 0 Å². The molecule has 5 nitrogen and oxygen atoms in total. The fraction of sp³-hybridized carbons (Fsp3) is 0.600. The second-order valence-corrected chi connectivity index (χ2v) is 7.53. The minimum Gasteiger partial charge on any atom is -0.352 e. The Hall–Kier alpha value is -1.88. The van der Waals surface area contributed by atoms with Gasteiger partial charge in [-0.05, 0) is 44.7 Å². The van der Waals surface area contributed by atoms with E-state index in [-0.39, 0.29) is 35.7 Å². The van der Waals surface area contributed by atoms with Gasteiger partial charge in [-0.15, -0.1) is 0 Å². The summed E-state index contributed by atoms with van der Waals surface area (Å²) in [7, 11) is 0. The maximum atomic E-state index is 13.4. The summed E-state index contributed by atoms with van der Waals surface area (Å²) in [5.41, 5.74) is 7.86. The Bertz CT molecular complexity index is 646. The number of carbonyl (C=O) groups is 2. The molecule has 4 atom stereocenters. The molecule has 2 amide bonds. The summed E-state index contributed by atoms with van der Waals surface area (Å²) in [4.78, 5) is 28.0.